The summed E-state index contributed by atoms with van der Waals surface area (Å²) in [6.07, 6.45) is 1.69. The summed E-state index contributed by atoms with van der Waals surface area (Å²) in [5.41, 5.74) is 1.53. The predicted molar refractivity (Wildman–Crippen MR) is 117 cm³/mol. The van der Waals surface area contributed by atoms with E-state index in [-0.39, 0.29) is 17.3 Å². The van der Waals surface area contributed by atoms with Gasteiger partial charge in [0.25, 0.3) is 0 Å². The van der Waals surface area contributed by atoms with Crippen molar-refractivity contribution in [3.05, 3.63) is 24.0 Å². The van der Waals surface area contributed by atoms with E-state index in [4.69, 9.17) is 4.74 Å². The average Bonchev–Trinajstić information content (AvgIpc) is 3.01. The maximum absolute atomic E-state index is 12.5. The number of carbonyl (C=O) groups is 1. The van der Waals surface area contributed by atoms with Crippen LogP contribution in [0.4, 0.5) is 0 Å². The Hall–Kier alpha value is -2.01. The van der Waals surface area contributed by atoms with Crippen molar-refractivity contribution in [2.24, 2.45) is 0 Å². The van der Waals surface area contributed by atoms with Gasteiger partial charge in [0.05, 0.1) is 29.0 Å². The van der Waals surface area contributed by atoms with Crippen LogP contribution in [0, 0.1) is 0 Å². The molecule has 0 unspecified atom stereocenters. The van der Waals surface area contributed by atoms with Crippen LogP contribution in [0.15, 0.2) is 23.1 Å². The molecular formula is C20H33N5O4S. The molecule has 0 bridgehead atoms. The van der Waals surface area contributed by atoms with Crippen LogP contribution in [-0.2, 0) is 32.6 Å². The van der Waals surface area contributed by atoms with E-state index < -0.39 is 10.0 Å². The van der Waals surface area contributed by atoms with Crippen LogP contribution < -0.4 is 5.32 Å². The van der Waals surface area contributed by atoms with Crippen molar-refractivity contribution in [3.63, 3.8) is 0 Å². The van der Waals surface area contributed by atoms with E-state index in [9.17, 15) is 13.2 Å². The fourth-order valence-electron chi connectivity index (χ4n) is 3.17. The molecule has 0 aliphatic rings. The summed E-state index contributed by atoms with van der Waals surface area (Å²) in [6.45, 7) is 4.78. The minimum Gasteiger partial charge on any atom is -0.385 e. The molecule has 10 heteroatoms. The molecule has 168 valence electrons. The molecule has 1 aromatic heterocycles. The van der Waals surface area contributed by atoms with Crippen molar-refractivity contribution in [3.8, 4) is 0 Å². The summed E-state index contributed by atoms with van der Waals surface area (Å²) in [4.78, 5) is 18.9. The molecule has 0 radical (unpaired) electrons. The normalized spacial score (nSPS) is 12.2. The lowest BCUT2D eigenvalue weighted by atomic mass is 10.3. The van der Waals surface area contributed by atoms with Gasteiger partial charge < -0.3 is 14.6 Å². The summed E-state index contributed by atoms with van der Waals surface area (Å²) in [7, 11) is 3.00. The summed E-state index contributed by atoms with van der Waals surface area (Å²) in [5, 5.41) is 2.88. The van der Waals surface area contributed by atoms with Gasteiger partial charge in [-0.25, -0.2) is 17.7 Å². The number of nitrogens with zero attached hydrogens (tertiary/aromatic N) is 4. The maximum Gasteiger partial charge on any atom is 0.242 e. The van der Waals surface area contributed by atoms with E-state index in [0.717, 1.165) is 30.7 Å². The van der Waals surface area contributed by atoms with E-state index in [1.165, 1.54) is 18.4 Å². The zero-order valence-electron chi connectivity index (χ0n) is 18.5. The van der Waals surface area contributed by atoms with E-state index in [1.807, 2.05) is 11.9 Å². The topological polar surface area (TPSA) is 96.8 Å². The fourth-order valence-corrected chi connectivity index (χ4v) is 4.09. The molecule has 9 nitrogen and oxygen atoms in total. The molecule has 2 aromatic rings. The molecule has 1 aromatic carbocycles. The number of fused-ring (bicyclic) bond motifs is 1. The Labute approximate surface area is 179 Å². The summed E-state index contributed by atoms with van der Waals surface area (Å²) in [6, 6.07) is 5.04. The molecule has 0 aliphatic carbocycles. The Bertz CT molecular complexity index is 956. The summed E-state index contributed by atoms with van der Waals surface area (Å²) < 4.78 is 33.2. The Balaban J connectivity index is 2.19. The van der Waals surface area contributed by atoms with Crippen molar-refractivity contribution in [1.82, 2.24) is 24.1 Å². The number of carbonyl (C=O) groups excluding carboxylic acids is 1. The molecule has 1 amide bonds. The van der Waals surface area contributed by atoms with Gasteiger partial charge in [0.1, 0.15) is 5.82 Å². The first-order valence-corrected chi connectivity index (χ1v) is 11.5. The molecule has 0 saturated carbocycles. The van der Waals surface area contributed by atoms with E-state index >= 15 is 0 Å². The quantitative estimate of drug-likeness (QED) is 0.501. The minimum atomic E-state index is -3.52. The second-order valence-electron chi connectivity index (χ2n) is 7.49. The van der Waals surface area contributed by atoms with Gasteiger partial charge in [0.15, 0.2) is 0 Å². The number of aryl methyl sites for hydroxylation is 1. The number of hydrogen-bond donors (Lipinski definition) is 1. The first-order chi connectivity index (χ1) is 14.2. The summed E-state index contributed by atoms with van der Waals surface area (Å²) >= 11 is 0. The van der Waals surface area contributed by atoms with Gasteiger partial charge in [-0.3, -0.25) is 9.69 Å². The Kier molecular flexibility index (Phi) is 8.78. The van der Waals surface area contributed by atoms with Crippen LogP contribution in [0.1, 0.15) is 25.6 Å². The third kappa shape index (κ3) is 6.00. The van der Waals surface area contributed by atoms with Gasteiger partial charge in [-0.2, -0.15) is 0 Å². The van der Waals surface area contributed by atoms with E-state index in [2.05, 4.69) is 21.8 Å². The number of likely N-dealkylation sites (N-methyl/N-ethyl adjacent to an activating group) is 1. The largest absolute Gasteiger partial charge is 0.385 e. The van der Waals surface area contributed by atoms with Crippen LogP contribution in [-0.4, -0.2) is 81.0 Å². The van der Waals surface area contributed by atoms with Crippen molar-refractivity contribution in [2.45, 2.75) is 37.8 Å². The van der Waals surface area contributed by atoms with Gasteiger partial charge in [0, 0.05) is 40.9 Å². The molecule has 0 spiro atoms. The number of aromatic nitrogens is 2. The highest BCUT2D eigenvalue weighted by Crippen LogP contribution is 2.23. The van der Waals surface area contributed by atoms with Crippen LogP contribution in [0.3, 0.4) is 0 Å². The van der Waals surface area contributed by atoms with Crippen molar-refractivity contribution >= 4 is 27.0 Å². The van der Waals surface area contributed by atoms with Crippen molar-refractivity contribution in [1.29, 1.82) is 0 Å². The first kappa shape index (κ1) is 24.3. The number of imidazole rings is 1. The standard InChI is InChI=1S/C20H33N5O4S/c1-6-11-25-18-9-8-16(30(27,28)23(2)3)13-17(18)22-19(25)14-24(4)15-20(26)21-10-7-12-29-5/h8-9,13H,6-7,10-12,14-15H2,1-5H3,(H,21,26). The number of ether oxygens (including phenoxy) is 1. The van der Waals surface area contributed by atoms with Gasteiger partial charge in [-0.1, -0.05) is 6.92 Å². The lowest BCUT2D eigenvalue weighted by Gasteiger charge is -2.17. The highest BCUT2D eigenvalue weighted by Gasteiger charge is 2.20. The van der Waals surface area contributed by atoms with Gasteiger partial charge in [-0.15, -0.1) is 0 Å². The SMILES string of the molecule is CCCn1c(CN(C)CC(=O)NCCCOC)nc2cc(S(=O)(=O)N(C)C)ccc21. The molecule has 0 fully saturated rings. The Morgan fingerprint density at radius 3 is 2.63 bits per heavy atom. The van der Waals surface area contributed by atoms with Crippen LogP contribution in [0.5, 0.6) is 0 Å². The molecule has 0 aliphatic heterocycles. The van der Waals surface area contributed by atoms with Crippen LogP contribution in [0.2, 0.25) is 0 Å². The van der Waals surface area contributed by atoms with Crippen molar-refractivity contribution in [2.75, 3.05) is 47.9 Å². The number of methoxy groups -OCH3 is 1. The Morgan fingerprint density at radius 1 is 1.27 bits per heavy atom. The number of amides is 1. The van der Waals surface area contributed by atoms with Gasteiger partial charge in [0.2, 0.25) is 15.9 Å². The van der Waals surface area contributed by atoms with Crippen LogP contribution in [0.25, 0.3) is 11.0 Å². The van der Waals surface area contributed by atoms with E-state index in [1.54, 1.807) is 25.3 Å². The third-order valence-corrected chi connectivity index (χ3v) is 6.51. The Morgan fingerprint density at radius 2 is 2.00 bits per heavy atom. The molecule has 0 atom stereocenters. The highest BCUT2D eigenvalue weighted by atomic mass is 32.2. The molecule has 1 heterocycles. The lowest BCUT2D eigenvalue weighted by molar-refractivity contribution is -0.122. The smallest absolute Gasteiger partial charge is 0.242 e. The first-order valence-electron chi connectivity index (χ1n) is 10.1. The second kappa shape index (κ2) is 10.9. The molecule has 2 rings (SSSR count). The van der Waals surface area contributed by atoms with Gasteiger partial charge in [-0.05, 0) is 38.1 Å². The zero-order valence-corrected chi connectivity index (χ0v) is 19.3. The molecule has 1 N–H and O–H groups in total. The maximum atomic E-state index is 12.5. The summed E-state index contributed by atoms with van der Waals surface area (Å²) in [5.74, 6) is 0.757. The molecular weight excluding hydrogens is 406 g/mol. The second-order valence-corrected chi connectivity index (χ2v) is 9.64. The van der Waals surface area contributed by atoms with Crippen molar-refractivity contribution < 1.29 is 17.9 Å². The lowest BCUT2D eigenvalue weighted by Crippen LogP contribution is -2.36. The minimum absolute atomic E-state index is 0.0499. The number of benzene rings is 1. The fraction of sp³-hybridized carbons (Fsp3) is 0.600. The number of nitrogens with one attached hydrogen (secondary N) is 1. The number of sulfonamides is 1. The third-order valence-electron chi connectivity index (χ3n) is 4.70. The molecule has 0 saturated heterocycles. The molecule has 30 heavy (non-hydrogen) atoms. The predicted octanol–water partition coefficient (Wildman–Crippen LogP) is 1.28. The highest BCUT2D eigenvalue weighted by molar-refractivity contribution is 7.89. The number of hydrogen-bond acceptors (Lipinski definition) is 6. The zero-order chi connectivity index (χ0) is 22.3. The van der Waals surface area contributed by atoms with Crippen LogP contribution >= 0.6 is 0 Å². The van der Waals surface area contributed by atoms with E-state index in [0.29, 0.717) is 25.2 Å². The monoisotopic (exact) mass is 439 g/mol. The average molecular weight is 440 g/mol. The van der Waals surface area contributed by atoms with Gasteiger partial charge >= 0.3 is 0 Å². The number of rotatable bonds is 12.